The lowest BCUT2D eigenvalue weighted by Crippen LogP contribution is -2.51. The summed E-state index contributed by atoms with van der Waals surface area (Å²) in [6.45, 7) is 9.53. The van der Waals surface area contributed by atoms with Crippen LogP contribution in [0, 0.1) is 17.3 Å². The van der Waals surface area contributed by atoms with Crippen molar-refractivity contribution >= 4 is 17.7 Å². The maximum absolute atomic E-state index is 12.4. The number of hydrogen-bond donors (Lipinski definition) is 2. The van der Waals surface area contributed by atoms with Crippen molar-refractivity contribution in [2.45, 2.75) is 58.2 Å². The number of carbonyl (C=O) groups is 1. The smallest absolute Gasteiger partial charge is 0.223 e. The van der Waals surface area contributed by atoms with Crippen LogP contribution in [0.5, 0.6) is 0 Å². The minimum Gasteiger partial charge on any atom is -0.356 e. The molecule has 1 aliphatic carbocycles. The Bertz CT molecular complexity index is 307. The third-order valence-corrected chi connectivity index (χ3v) is 6.11. The Morgan fingerprint density at radius 1 is 1.47 bits per heavy atom. The summed E-state index contributed by atoms with van der Waals surface area (Å²) >= 11 is 1.84. The van der Waals surface area contributed by atoms with Gasteiger partial charge in [-0.15, -0.1) is 0 Å². The van der Waals surface area contributed by atoms with E-state index in [9.17, 15) is 4.79 Å². The van der Waals surface area contributed by atoms with Gasteiger partial charge in [0.1, 0.15) is 0 Å². The number of amides is 1. The van der Waals surface area contributed by atoms with Crippen molar-refractivity contribution in [1.29, 1.82) is 0 Å². The van der Waals surface area contributed by atoms with E-state index in [0.29, 0.717) is 11.2 Å². The fourth-order valence-electron chi connectivity index (χ4n) is 2.96. The first-order valence-corrected chi connectivity index (χ1v) is 8.65. The fourth-order valence-corrected chi connectivity index (χ4v) is 3.31. The Hall–Kier alpha value is -0.220. The lowest BCUT2D eigenvalue weighted by Gasteiger charge is -2.46. The summed E-state index contributed by atoms with van der Waals surface area (Å²) in [5, 5.41) is 3.72. The maximum Gasteiger partial charge on any atom is 0.223 e. The Labute approximate surface area is 122 Å². The third-order valence-electron chi connectivity index (χ3n) is 5.07. The van der Waals surface area contributed by atoms with Crippen molar-refractivity contribution in [2.24, 2.45) is 23.0 Å². The minimum absolute atomic E-state index is 0.00707. The molecule has 0 aliphatic heterocycles. The van der Waals surface area contributed by atoms with Gasteiger partial charge >= 0.3 is 0 Å². The molecular formula is C15H30N2OS. The molecule has 4 unspecified atom stereocenters. The average molecular weight is 286 g/mol. The van der Waals surface area contributed by atoms with Gasteiger partial charge in [0.2, 0.25) is 5.91 Å². The van der Waals surface area contributed by atoms with Gasteiger partial charge in [0, 0.05) is 23.8 Å². The van der Waals surface area contributed by atoms with E-state index in [1.54, 1.807) is 0 Å². The van der Waals surface area contributed by atoms with Crippen LogP contribution in [0.15, 0.2) is 0 Å². The van der Waals surface area contributed by atoms with Crippen LogP contribution >= 0.6 is 11.8 Å². The molecule has 4 heteroatoms. The van der Waals surface area contributed by atoms with E-state index in [1.165, 1.54) is 0 Å². The molecule has 0 aromatic rings. The van der Waals surface area contributed by atoms with Crippen LogP contribution in [-0.4, -0.2) is 30.0 Å². The van der Waals surface area contributed by atoms with E-state index in [1.807, 2.05) is 11.8 Å². The van der Waals surface area contributed by atoms with Gasteiger partial charge in [0.25, 0.3) is 0 Å². The number of carbonyl (C=O) groups excluding carboxylic acids is 1. The lowest BCUT2D eigenvalue weighted by atomic mass is 9.61. The summed E-state index contributed by atoms with van der Waals surface area (Å²) in [7, 11) is 0. The SMILES string of the molecule is CSC(C)CCNC(=O)C1CCC(N)C(C)C1(C)C. The number of rotatable bonds is 5. The highest BCUT2D eigenvalue weighted by Crippen LogP contribution is 2.44. The molecule has 0 heterocycles. The molecule has 112 valence electrons. The van der Waals surface area contributed by atoms with E-state index in [-0.39, 0.29) is 23.3 Å². The van der Waals surface area contributed by atoms with Gasteiger partial charge in [0.15, 0.2) is 0 Å². The number of hydrogen-bond acceptors (Lipinski definition) is 3. The van der Waals surface area contributed by atoms with Crippen molar-refractivity contribution in [3.05, 3.63) is 0 Å². The Kier molecular flexibility index (Phi) is 6.18. The molecule has 0 saturated heterocycles. The van der Waals surface area contributed by atoms with Crippen molar-refractivity contribution in [2.75, 3.05) is 12.8 Å². The molecule has 1 rings (SSSR count). The minimum atomic E-state index is -0.00707. The highest BCUT2D eigenvalue weighted by molar-refractivity contribution is 7.99. The largest absolute Gasteiger partial charge is 0.356 e. The summed E-state index contributed by atoms with van der Waals surface area (Å²) < 4.78 is 0. The van der Waals surface area contributed by atoms with Gasteiger partial charge in [-0.1, -0.05) is 27.7 Å². The van der Waals surface area contributed by atoms with Crippen molar-refractivity contribution in [3.63, 3.8) is 0 Å². The molecule has 0 aromatic heterocycles. The molecule has 4 atom stereocenters. The maximum atomic E-state index is 12.4. The zero-order valence-electron chi connectivity index (χ0n) is 13.0. The molecule has 3 nitrogen and oxygen atoms in total. The third kappa shape index (κ3) is 4.12. The van der Waals surface area contributed by atoms with E-state index in [2.05, 4.69) is 39.3 Å². The second-order valence-corrected chi connectivity index (χ2v) is 7.81. The quantitative estimate of drug-likeness (QED) is 0.817. The monoisotopic (exact) mass is 286 g/mol. The van der Waals surface area contributed by atoms with Gasteiger partial charge in [-0.05, 0) is 36.9 Å². The van der Waals surface area contributed by atoms with Crippen LogP contribution in [-0.2, 0) is 4.79 Å². The Morgan fingerprint density at radius 2 is 2.11 bits per heavy atom. The van der Waals surface area contributed by atoms with Crippen LogP contribution in [0.4, 0.5) is 0 Å². The predicted molar refractivity (Wildman–Crippen MR) is 84.2 cm³/mol. The zero-order chi connectivity index (χ0) is 14.6. The van der Waals surface area contributed by atoms with Gasteiger partial charge in [-0.25, -0.2) is 0 Å². The molecule has 3 N–H and O–H groups in total. The first kappa shape index (κ1) is 16.8. The summed E-state index contributed by atoms with van der Waals surface area (Å²) in [6.07, 6.45) is 5.03. The molecular weight excluding hydrogens is 256 g/mol. The van der Waals surface area contributed by atoms with Crippen molar-refractivity contribution in [1.82, 2.24) is 5.32 Å². The predicted octanol–water partition coefficient (Wildman–Crippen LogP) is 2.64. The summed E-state index contributed by atoms with van der Waals surface area (Å²) in [5.74, 6) is 0.714. The van der Waals surface area contributed by atoms with E-state index < -0.39 is 0 Å². The normalized spacial score (nSPS) is 31.8. The van der Waals surface area contributed by atoms with Gasteiger partial charge in [-0.2, -0.15) is 11.8 Å². The number of nitrogens with one attached hydrogen (secondary N) is 1. The molecule has 1 saturated carbocycles. The van der Waals surface area contributed by atoms with E-state index in [0.717, 1.165) is 25.8 Å². The van der Waals surface area contributed by atoms with Gasteiger partial charge in [-0.3, -0.25) is 4.79 Å². The molecule has 19 heavy (non-hydrogen) atoms. The van der Waals surface area contributed by atoms with Crippen LogP contribution in [0.3, 0.4) is 0 Å². The van der Waals surface area contributed by atoms with Crippen LogP contribution < -0.4 is 11.1 Å². The molecule has 0 radical (unpaired) electrons. The molecule has 1 amide bonds. The second-order valence-electron chi connectivity index (χ2n) is 6.53. The highest BCUT2D eigenvalue weighted by atomic mass is 32.2. The second kappa shape index (κ2) is 6.98. The summed E-state index contributed by atoms with van der Waals surface area (Å²) in [6, 6.07) is 0.232. The average Bonchev–Trinajstić information content (AvgIpc) is 2.35. The molecule has 0 bridgehead atoms. The van der Waals surface area contributed by atoms with Crippen LogP contribution in [0.2, 0.25) is 0 Å². The molecule has 1 aliphatic rings. The number of nitrogens with two attached hydrogens (primary N) is 1. The first-order chi connectivity index (χ1) is 8.80. The standard InChI is InChI=1S/C15H30N2OS/c1-10(19-5)8-9-17-14(18)12-6-7-13(16)11(2)15(12,3)4/h10-13H,6-9,16H2,1-5H3,(H,17,18). The van der Waals surface area contributed by atoms with Gasteiger partial charge in [0.05, 0.1) is 0 Å². The Balaban J connectivity index is 2.52. The van der Waals surface area contributed by atoms with E-state index in [4.69, 9.17) is 5.73 Å². The summed E-state index contributed by atoms with van der Waals surface area (Å²) in [5.41, 5.74) is 6.13. The summed E-state index contributed by atoms with van der Waals surface area (Å²) in [4.78, 5) is 12.4. The lowest BCUT2D eigenvalue weighted by molar-refractivity contribution is -0.132. The first-order valence-electron chi connectivity index (χ1n) is 7.36. The Morgan fingerprint density at radius 3 is 2.68 bits per heavy atom. The van der Waals surface area contributed by atoms with Crippen molar-refractivity contribution in [3.8, 4) is 0 Å². The van der Waals surface area contributed by atoms with Crippen LogP contribution in [0.25, 0.3) is 0 Å². The molecule has 0 aromatic carbocycles. The van der Waals surface area contributed by atoms with Crippen molar-refractivity contribution < 1.29 is 4.79 Å². The zero-order valence-corrected chi connectivity index (χ0v) is 13.8. The highest BCUT2D eigenvalue weighted by Gasteiger charge is 2.44. The van der Waals surface area contributed by atoms with E-state index >= 15 is 0 Å². The number of thioether (sulfide) groups is 1. The topological polar surface area (TPSA) is 55.1 Å². The van der Waals surface area contributed by atoms with Gasteiger partial charge < -0.3 is 11.1 Å². The van der Waals surface area contributed by atoms with Crippen LogP contribution in [0.1, 0.15) is 47.0 Å². The fraction of sp³-hybridized carbons (Fsp3) is 0.933. The molecule has 1 fully saturated rings. The molecule has 0 spiro atoms.